The number of anilines is 5. The first-order valence-corrected chi connectivity index (χ1v) is 18.4. The van der Waals surface area contributed by atoms with E-state index in [9.17, 15) is 0 Å². The van der Waals surface area contributed by atoms with Crippen molar-refractivity contribution in [3.05, 3.63) is 120 Å². The first kappa shape index (κ1) is 27.6. The van der Waals surface area contributed by atoms with Crippen LogP contribution in [-0.4, -0.2) is 12.8 Å². The van der Waals surface area contributed by atoms with Crippen LogP contribution in [0.1, 0.15) is 88.0 Å². The molecule has 5 aromatic rings. The number of hydrogen-bond donors (Lipinski definition) is 0. The van der Waals surface area contributed by atoms with E-state index in [1.807, 2.05) is 12.1 Å². The molecular formula is C46H49BN2. The molecule has 2 fully saturated rings. The fourth-order valence-corrected chi connectivity index (χ4v) is 9.58. The lowest BCUT2D eigenvalue weighted by Gasteiger charge is -2.48. The van der Waals surface area contributed by atoms with Gasteiger partial charge in [0.1, 0.15) is 0 Å². The fraction of sp³-hybridized carbons (Fsp3) is 0.348. The zero-order valence-electron chi connectivity index (χ0n) is 32.8. The van der Waals surface area contributed by atoms with Gasteiger partial charge in [-0.15, -0.1) is 0 Å². The van der Waals surface area contributed by atoms with E-state index in [1.165, 1.54) is 52.5 Å². The van der Waals surface area contributed by atoms with Crippen molar-refractivity contribution < 1.29 is 4.11 Å². The molecular weight excluding hydrogens is 591 g/mol. The summed E-state index contributed by atoms with van der Waals surface area (Å²) in [6.45, 7) is 11.4. The van der Waals surface area contributed by atoms with Gasteiger partial charge in [-0.25, -0.2) is 0 Å². The van der Waals surface area contributed by atoms with Gasteiger partial charge >= 0.3 is 0 Å². The second-order valence-electron chi connectivity index (χ2n) is 17.3. The predicted octanol–water partition coefficient (Wildman–Crippen LogP) is 10.2. The van der Waals surface area contributed by atoms with Crippen molar-refractivity contribution in [3.63, 3.8) is 0 Å². The first-order chi connectivity index (χ1) is 24.7. The van der Waals surface area contributed by atoms with Gasteiger partial charge in [-0.1, -0.05) is 115 Å². The molecule has 3 heteroatoms. The Balaban J connectivity index is 1.37. The summed E-state index contributed by atoms with van der Waals surface area (Å²) in [6, 6.07) is 38.1. The molecule has 0 saturated heterocycles. The fourth-order valence-electron chi connectivity index (χ4n) is 9.58. The summed E-state index contributed by atoms with van der Waals surface area (Å²) in [5.74, 6) is 1.37. The molecule has 5 aromatic carbocycles. The Hall–Kier alpha value is -4.24. The van der Waals surface area contributed by atoms with Crippen LogP contribution in [0, 0.1) is 18.7 Å². The van der Waals surface area contributed by atoms with E-state index in [0.29, 0.717) is 17.5 Å². The molecule has 9 rings (SSSR count). The topological polar surface area (TPSA) is 6.48 Å². The van der Waals surface area contributed by atoms with Crippen molar-refractivity contribution >= 4 is 51.5 Å². The van der Waals surface area contributed by atoms with Gasteiger partial charge in [0, 0.05) is 38.6 Å². The van der Waals surface area contributed by atoms with Crippen molar-refractivity contribution in [2.75, 3.05) is 9.80 Å². The molecule has 0 amide bonds. The molecule has 0 spiro atoms. The van der Waals surface area contributed by atoms with Crippen molar-refractivity contribution in [2.45, 2.75) is 90.9 Å². The third-order valence-electron chi connectivity index (χ3n) is 12.1. The molecule has 2 heterocycles. The summed E-state index contributed by atoms with van der Waals surface area (Å²) in [5.41, 5.74) is 14.6. The minimum atomic E-state index is -2.26. The molecule has 4 aliphatic rings. The summed E-state index contributed by atoms with van der Waals surface area (Å²) in [4.78, 5) is 4.98. The largest absolute Gasteiger partial charge is 0.339 e. The second kappa shape index (κ2) is 10.9. The smallest absolute Gasteiger partial charge is 0.252 e. The van der Waals surface area contributed by atoms with E-state index in [-0.39, 0.29) is 17.5 Å². The van der Waals surface area contributed by atoms with Gasteiger partial charge in [0.2, 0.25) is 0 Å². The summed E-state index contributed by atoms with van der Waals surface area (Å²) >= 11 is 0. The predicted molar refractivity (Wildman–Crippen MR) is 211 cm³/mol. The van der Waals surface area contributed by atoms with Crippen molar-refractivity contribution in [2.24, 2.45) is 11.8 Å². The summed E-state index contributed by atoms with van der Waals surface area (Å²) in [5, 5.41) is 0. The average molecular weight is 644 g/mol. The summed E-state index contributed by atoms with van der Waals surface area (Å²) < 4.78 is 26.4. The molecule has 2 aliphatic carbocycles. The molecule has 0 radical (unpaired) electrons. The normalized spacial score (nSPS) is 21.9. The lowest BCUT2D eigenvalue weighted by molar-refractivity contribution is 0.413. The highest BCUT2D eigenvalue weighted by Crippen LogP contribution is 2.51. The number of benzene rings is 5. The van der Waals surface area contributed by atoms with Gasteiger partial charge in [0.15, 0.2) is 0 Å². The maximum atomic E-state index is 8.79. The SMILES string of the molecule is [2H]C([2H])([2H])c1cc2c3c(c1)N(C1CC4CCC1C4)c1ccc(C(C)(C)C)cc1B3c1ccc(-c3ccccc3)cc1N2c1ccc(C(C)(C)C)cc1. The quantitative estimate of drug-likeness (QED) is 0.177. The number of fused-ring (bicyclic) bond motifs is 6. The molecule has 3 atom stereocenters. The Morgan fingerprint density at radius 1 is 0.633 bits per heavy atom. The lowest BCUT2D eigenvalue weighted by atomic mass is 9.33. The van der Waals surface area contributed by atoms with Crippen LogP contribution in [0.4, 0.5) is 28.4 Å². The Kier molecular flexibility index (Phi) is 6.12. The molecule has 3 unspecified atom stereocenters. The third kappa shape index (κ3) is 4.90. The number of hydrogen-bond acceptors (Lipinski definition) is 2. The highest BCUT2D eigenvalue weighted by Gasteiger charge is 2.49. The van der Waals surface area contributed by atoms with E-state index in [1.54, 1.807) is 0 Å². The van der Waals surface area contributed by atoms with E-state index in [4.69, 9.17) is 4.11 Å². The average Bonchev–Trinajstić information content (AvgIpc) is 3.74. The first-order valence-electron chi connectivity index (χ1n) is 19.9. The van der Waals surface area contributed by atoms with Crippen LogP contribution in [0.15, 0.2) is 103 Å². The van der Waals surface area contributed by atoms with Crippen LogP contribution >= 0.6 is 0 Å². The molecule has 246 valence electrons. The molecule has 2 nitrogen and oxygen atoms in total. The Morgan fingerprint density at radius 2 is 1.37 bits per heavy atom. The van der Waals surface area contributed by atoms with E-state index >= 15 is 0 Å². The highest BCUT2D eigenvalue weighted by atomic mass is 15.2. The van der Waals surface area contributed by atoms with Gasteiger partial charge in [-0.05, 0) is 129 Å². The van der Waals surface area contributed by atoms with Gasteiger partial charge in [0.05, 0.1) is 0 Å². The summed E-state index contributed by atoms with van der Waals surface area (Å²) in [7, 11) is 0. The number of nitrogens with zero attached hydrogens (tertiary/aromatic N) is 2. The molecule has 0 N–H and O–H groups in total. The Labute approximate surface area is 298 Å². The van der Waals surface area contributed by atoms with Gasteiger partial charge in [-0.2, -0.15) is 0 Å². The molecule has 49 heavy (non-hydrogen) atoms. The van der Waals surface area contributed by atoms with Crippen LogP contribution in [-0.2, 0) is 10.8 Å². The van der Waals surface area contributed by atoms with Crippen LogP contribution < -0.4 is 26.2 Å². The minimum absolute atomic E-state index is 0.0138. The molecule has 2 bridgehead atoms. The monoisotopic (exact) mass is 643 g/mol. The second-order valence-corrected chi connectivity index (χ2v) is 17.3. The van der Waals surface area contributed by atoms with Crippen LogP contribution in [0.3, 0.4) is 0 Å². The van der Waals surface area contributed by atoms with Crippen LogP contribution in [0.2, 0.25) is 0 Å². The Bertz CT molecular complexity index is 2190. The van der Waals surface area contributed by atoms with E-state index in [2.05, 4.69) is 142 Å². The van der Waals surface area contributed by atoms with E-state index < -0.39 is 6.85 Å². The maximum absolute atomic E-state index is 8.79. The molecule has 2 saturated carbocycles. The molecule has 2 aliphatic heterocycles. The maximum Gasteiger partial charge on any atom is 0.252 e. The summed E-state index contributed by atoms with van der Waals surface area (Å²) in [6.07, 6.45) is 5.01. The van der Waals surface area contributed by atoms with Crippen LogP contribution in [0.25, 0.3) is 11.1 Å². The number of rotatable bonds is 3. The van der Waals surface area contributed by atoms with Gasteiger partial charge in [0.25, 0.3) is 6.71 Å². The van der Waals surface area contributed by atoms with Crippen molar-refractivity contribution in [1.82, 2.24) is 0 Å². The highest BCUT2D eigenvalue weighted by molar-refractivity contribution is 7.00. The zero-order valence-corrected chi connectivity index (χ0v) is 29.8. The Morgan fingerprint density at radius 3 is 2.04 bits per heavy atom. The van der Waals surface area contributed by atoms with Crippen molar-refractivity contribution in [3.8, 4) is 11.1 Å². The standard InChI is InChI=1S/C46H49BN2/c1-29-23-42-44-43(24-29)49(40-26-30-13-14-33(40)25-30)39-22-18-35(46(5,6)7)28-38(39)47(44)37-21-15-32(31-11-9-8-10-12-31)27-41(37)48(42)36-19-16-34(17-20-36)45(2,3)4/h8-12,15-24,27-28,30,33,40H,13-14,25-26H2,1-7H3/i1D3. The minimum Gasteiger partial charge on any atom is -0.339 e. The van der Waals surface area contributed by atoms with Crippen molar-refractivity contribution in [1.29, 1.82) is 0 Å². The van der Waals surface area contributed by atoms with Crippen LogP contribution in [0.5, 0.6) is 0 Å². The zero-order chi connectivity index (χ0) is 36.3. The molecule has 0 aromatic heterocycles. The number of aryl methyl sites for hydroxylation is 1. The van der Waals surface area contributed by atoms with Gasteiger partial charge < -0.3 is 9.80 Å². The van der Waals surface area contributed by atoms with Gasteiger partial charge in [-0.3, -0.25) is 0 Å². The third-order valence-corrected chi connectivity index (χ3v) is 12.1. The lowest BCUT2D eigenvalue weighted by Crippen LogP contribution is -2.63. The van der Waals surface area contributed by atoms with E-state index in [0.717, 1.165) is 46.2 Å².